The summed E-state index contributed by atoms with van der Waals surface area (Å²) in [6.07, 6.45) is 3.84. The van der Waals surface area contributed by atoms with Gasteiger partial charge in [0.1, 0.15) is 5.82 Å². The molecular formula is C19H21N3O2. The number of nitrogens with zero attached hydrogens (tertiary/aromatic N) is 2. The first kappa shape index (κ1) is 16.2. The van der Waals surface area contributed by atoms with Gasteiger partial charge in [0, 0.05) is 18.5 Å². The first-order chi connectivity index (χ1) is 11.8. The lowest BCUT2D eigenvalue weighted by molar-refractivity contribution is -0.129. The van der Waals surface area contributed by atoms with Crippen molar-refractivity contribution >= 4 is 16.9 Å². The zero-order chi connectivity index (χ0) is 16.8. The Morgan fingerprint density at radius 1 is 1.00 bits per heavy atom. The van der Waals surface area contributed by atoms with E-state index >= 15 is 0 Å². The van der Waals surface area contributed by atoms with Crippen molar-refractivity contribution in [2.45, 2.75) is 32.1 Å². The van der Waals surface area contributed by atoms with E-state index in [1.54, 1.807) is 5.48 Å². The van der Waals surface area contributed by atoms with Crippen LogP contribution in [0, 0.1) is 0 Å². The molecule has 124 valence electrons. The van der Waals surface area contributed by atoms with E-state index in [9.17, 15) is 4.79 Å². The molecule has 0 saturated carbocycles. The number of hydroxylamine groups is 1. The summed E-state index contributed by atoms with van der Waals surface area (Å²) in [7, 11) is 0. The first-order valence-electron chi connectivity index (χ1n) is 8.24. The average Bonchev–Trinajstić information content (AvgIpc) is 3.00. The molecule has 0 unspecified atom stereocenters. The van der Waals surface area contributed by atoms with E-state index in [4.69, 9.17) is 10.2 Å². The molecule has 0 fully saturated rings. The van der Waals surface area contributed by atoms with Gasteiger partial charge in [0.05, 0.1) is 11.0 Å². The standard InChI is InChI=1S/C19H21N3O2/c23-19(21-24)14-6-2-5-13-18-20-16-11-7-8-12-17(16)22(18)15-9-3-1-4-10-15/h1,3-4,7-12,24H,2,5-6,13-14H2,(H,21,23). The highest BCUT2D eigenvalue weighted by Gasteiger charge is 2.11. The van der Waals surface area contributed by atoms with Crippen molar-refractivity contribution in [3.63, 3.8) is 0 Å². The number of amides is 1. The van der Waals surface area contributed by atoms with E-state index in [0.717, 1.165) is 48.2 Å². The molecule has 2 N–H and O–H groups in total. The fourth-order valence-corrected chi connectivity index (χ4v) is 2.91. The van der Waals surface area contributed by atoms with Gasteiger partial charge in [-0.2, -0.15) is 0 Å². The number of imidazole rings is 1. The maximum atomic E-state index is 11.0. The van der Waals surface area contributed by atoms with Crippen molar-refractivity contribution in [3.8, 4) is 5.69 Å². The molecule has 1 heterocycles. The highest BCUT2D eigenvalue weighted by molar-refractivity contribution is 5.78. The number of rotatable bonds is 7. The number of carbonyl (C=O) groups is 1. The number of para-hydroxylation sites is 3. The van der Waals surface area contributed by atoms with E-state index in [1.165, 1.54) is 0 Å². The molecule has 1 aromatic heterocycles. The van der Waals surface area contributed by atoms with E-state index in [2.05, 4.69) is 22.8 Å². The maximum Gasteiger partial charge on any atom is 0.243 e. The van der Waals surface area contributed by atoms with Gasteiger partial charge in [-0.15, -0.1) is 0 Å². The molecule has 0 aliphatic rings. The monoisotopic (exact) mass is 323 g/mol. The van der Waals surface area contributed by atoms with Crippen LogP contribution in [0.25, 0.3) is 16.7 Å². The van der Waals surface area contributed by atoms with Crippen LogP contribution >= 0.6 is 0 Å². The number of fused-ring (bicyclic) bond motifs is 1. The fourth-order valence-electron chi connectivity index (χ4n) is 2.91. The Morgan fingerprint density at radius 2 is 1.75 bits per heavy atom. The summed E-state index contributed by atoms with van der Waals surface area (Å²) >= 11 is 0. The molecule has 0 bridgehead atoms. The van der Waals surface area contributed by atoms with Gasteiger partial charge in [-0.05, 0) is 37.1 Å². The second-order valence-corrected chi connectivity index (χ2v) is 5.78. The highest BCUT2D eigenvalue weighted by atomic mass is 16.5. The smallest absolute Gasteiger partial charge is 0.243 e. The third kappa shape index (κ3) is 3.63. The summed E-state index contributed by atoms with van der Waals surface area (Å²) in [5, 5.41) is 8.50. The molecule has 24 heavy (non-hydrogen) atoms. The molecule has 0 radical (unpaired) electrons. The van der Waals surface area contributed by atoms with Gasteiger partial charge in [0.2, 0.25) is 5.91 Å². The van der Waals surface area contributed by atoms with Crippen LogP contribution in [0.3, 0.4) is 0 Å². The number of aromatic nitrogens is 2. The van der Waals surface area contributed by atoms with E-state index in [1.807, 2.05) is 36.4 Å². The molecule has 5 nitrogen and oxygen atoms in total. The van der Waals surface area contributed by atoms with Gasteiger partial charge in [0.15, 0.2) is 0 Å². The number of unbranched alkanes of at least 4 members (excludes halogenated alkanes) is 2. The summed E-state index contributed by atoms with van der Waals surface area (Å²) in [5.74, 6) is 0.709. The number of hydrogen-bond acceptors (Lipinski definition) is 3. The van der Waals surface area contributed by atoms with Gasteiger partial charge >= 0.3 is 0 Å². The average molecular weight is 323 g/mol. The zero-order valence-corrected chi connectivity index (χ0v) is 13.5. The molecule has 5 heteroatoms. The predicted octanol–water partition coefficient (Wildman–Crippen LogP) is 3.63. The Balaban J connectivity index is 1.76. The largest absolute Gasteiger partial charge is 0.296 e. The summed E-state index contributed by atoms with van der Waals surface area (Å²) in [5.41, 5.74) is 4.88. The predicted molar refractivity (Wildman–Crippen MR) is 93.2 cm³/mol. The Labute approximate surface area is 140 Å². The minimum absolute atomic E-state index is 0.327. The molecule has 0 saturated heterocycles. The van der Waals surface area contributed by atoms with Crippen molar-refractivity contribution in [2.24, 2.45) is 0 Å². The Kier molecular flexibility index (Phi) is 5.23. The lowest BCUT2D eigenvalue weighted by atomic mass is 10.1. The molecule has 0 aliphatic heterocycles. The van der Waals surface area contributed by atoms with Crippen LogP contribution < -0.4 is 5.48 Å². The molecule has 3 rings (SSSR count). The SMILES string of the molecule is O=C(CCCCCc1nc2ccccc2n1-c1ccccc1)NO. The Bertz CT molecular complexity index is 812. The van der Waals surface area contributed by atoms with Crippen LogP contribution in [-0.4, -0.2) is 20.7 Å². The number of aryl methyl sites for hydroxylation is 1. The summed E-state index contributed by atoms with van der Waals surface area (Å²) in [4.78, 5) is 15.8. The van der Waals surface area contributed by atoms with Gasteiger partial charge in [-0.1, -0.05) is 36.8 Å². The lowest BCUT2D eigenvalue weighted by Crippen LogP contribution is -2.17. The van der Waals surface area contributed by atoms with Crippen LogP contribution in [0.4, 0.5) is 0 Å². The molecule has 0 atom stereocenters. The van der Waals surface area contributed by atoms with Crippen LogP contribution in [0.5, 0.6) is 0 Å². The van der Waals surface area contributed by atoms with E-state index < -0.39 is 0 Å². The number of carbonyl (C=O) groups excluding carboxylic acids is 1. The number of benzene rings is 2. The minimum atomic E-state index is -0.327. The van der Waals surface area contributed by atoms with Crippen molar-refractivity contribution in [3.05, 3.63) is 60.4 Å². The Hall–Kier alpha value is -2.66. The van der Waals surface area contributed by atoms with Gasteiger partial charge in [0.25, 0.3) is 0 Å². The van der Waals surface area contributed by atoms with Crippen molar-refractivity contribution in [1.82, 2.24) is 15.0 Å². The normalized spacial score (nSPS) is 10.9. The minimum Gasteiger partial charge on any atom is -0.296 e. The molecule has 3 aromatic rings. The summed E-state index contributed by atoms with van der Waals surface area (Å²) in [6.45, 7) is 0. The van der Waals surface area contributed by atoms with Crippen molar-refractivity contribution < 1.29 is 10.0 Å². The summed E-state index contributed by atoms with van der Waals surface area (Å²) < 4.78 is 2.20. The highest BCUT2D eigenvalue weighted by Crippen LogP contribution is 2.22. The maximum absolute atomic E-state index is 11.0. The fraction of sp³-hybridized carbons (Fsp3) is 0.263. The van der Waals surface area contributed by atoms with Crippen LogP contribution in [-0.2, 0) is 11.2 Å². The van der Waals surface area contributed by atoms with Crippen molar-refractivity contribution in [2.75, 3.05) is 0 Å². The third-order valence-corrected chi connectivity index (χ3v) is 4.07. The summed E-state index contributed by atoms with van der Waals surface area (Å²) in [6, 6.07) is 18.4. The Morgan fingerprint density at radius 3 is 2.54 bits per heavy atom. The first-order valence-corrected chi connectivity index (χ1v) is 8.24. The lowest BCUT2D eigenvalue weighted by Gasteiger charge is -2.09. The van der Waals surface area contributed by atoms with Crippen molar-refractivity contribution in [1.29, 1.82) is 0 Å². The quantitative estimate of drug-likeness (QED) is 0.396. The molecule has 0 aliphatic carbocycles. The second kappa shape index (κ2) is 7.75. The van der Waals surface area contributed by atoms with Crippen LogP contribution in [0.15, 0.2) is 54.6 Å². The van der Waals surface area contributed by atoms with E-state index in [-0.39, 0.29) is 5.91 Å². The third-order valence-electron chi connectivity index (χ3n) is 4.07. The van der Waals surface area contributed by atoms with Crippen LogP contribution in [0.1, 0.15) is 31.5 Å². The van der Waals surface area contributed by atoms with E-state index in [0.29, 0.717) is 6.42 Å². The molecule has 2 aromatic carbocycles. The van der Waals surface area contributed by atoms with Gasteiger partial charge < -0.3 is 0 Å². The van der Waals surface area contributed by atoms with Gasteiger partial charge in [-0.25, -0.2) is 10.5 Å². The topological polar surface area (TPSA) is 67.2 Å². The van der Waals surface area contributed by atoms with Gasteiger partial charge in [-0.3, -0.25) is 14.6 Å². The molecule has 1 amide bonds. The zero-order valence-electron chi connectivity index (χ0n) is 13.5. The number of hydrogen-bond donors (Lipinski definition) is 2. The van der Waals surface area contributed by atoms with Crippen LogP contribution in [0.2, 0.25) is 0 Å². The number of nitrogens with one attached hydrogen (secondary N) is 1. The molecule has 0 spiro atoms. The molecular weight excluding hydrogens is 302 g/mol. The second-order valence-electron chi connectivity index (χ2n) is 5.78.